The predicted octanol–water partition coefficient (Wildman–Crippen LogP) is 3.68. The number of Topliss-reactive ketones (excluding diaryl/α,β-unsaturated/α-hetero) is 1. The number of fused-ring (bicyclic) bond motifs is 1. The minimum Gasteiger partial charge on any atom is -0.497 e. The molecule has 3 aromatic carbocycles. The molecule has 2 heterocycles. The average molecular weight is 526 g/mol. The van der Waals surface area contributed by atoms with Crippen molar-refractivity contribution in [2.24, 2.45) is 0 Å². The summed E-state index contributed by atoms with van der Waals surface area (Å²) >= 11 is 0. The van der Waals surface area contributed by atoms with Crippen molar-refractivity contribution in [1.29, 1.82) is 0 Å². The largest absolute Gasteiger partial charge is 0.497 e. The van der Waals surface area contributed by atoms with Crippen LogP contribution in [0.5, 0.6) is 5.75 Å². The molecule has 198 valence electrons. The van der Waals surface area contributed by atoms with Crippen molar-refractivity contribution in [3.8, 4) is 5.75 Å². The molecular formula is C30H27N3O6. The lowest BCUT2D eigenvalue weighted by molar-refractivity contribution is -0.121. The van der Waals surface area contributed by atoms with Gasteiger partial charge in [0.05, 0.1) is 30.8 Å². The molecule has 0 spiro atoms. The molecule has 1 saturated heterocycles. The van der Waals surface area contributed by atoms with E-state index in [0.717, 1.165) is 21.4 Å². The Balaban J connectivity index is 1.15. The van der Waals surface area contributed by atoms with Gasteiger partial charge in [-0.05, 0) is 54.4 Å². The molecule has 0 saturated carbocycles. The summed E-state index contributed by atoms with van der Waals surface area (Å²) in [6.07, 6.45) is 2.73. The smallest absolute Gasteiger partial charge is 0.338 e. The molecule has 1 atom stereocenters. The van der Waals surface area contributed by atoms with Gasteiger partial charge in [0.15, 0.2) is 12.4 Å². The number of hydrogen-bond donors (Lipinski definition) is 2. The van der Waals surface area contributed by atoms with Gasteiger partial charge >= 0.3 is 5.97 Å². The van der Waals surface area contributed by atoms with Crippen LogP contribution >= 0.6 is 0 Å². The summed E-state index contributed by atoms with van der Waals surface area (Å²) in [7, 11) is 1.50. The van der Waals surface area contributed by atoms with E-state index in [4.69, 9.17) is 9.47 Å². The number of benzene rings is 3. The van der Waals surface area contributed by atoms with Gasteiger partial charge in [0, 0.05) is 29.2 Å². The zero-order valence-electron chi connectivity index (χ0n) is 21.3. The monoisotopic (exact) mass is 525 g/mol. The molecule has 1 aromatic heterocycles. The summed E-state index contributed by atoms with van der Waals surface area (Å²) in [4.78, 5) is 54.8. The number of methoxy groups -OCH3 is 1. The van der Waals surface area contributed by atoms with Crippen LogP contribution in [0.3, 0.4) is 0 Å². The number of aromatic nitrogens is 1. The Bertz CT molecular complexity index is 1540. The zero-order valence-corrected chi connectivity index (χ0v) is 21.3. The lowest BCUT2D eigenvalue weighted by atomic mass is 10.1. The summed E-state index contributed by atoms with van der Waals surface area (Å²) in [6.45, 7) is 0.112. The number of esters is 1. The lowest BCUT2D eigenvalue weighted by Gasteiger charge is -2.16. The van der Waals surface area contributed by atoms with Gasteiger partial charge in [-0.15, -0.1) is 0 Å². The van der Waals surface area contributed by atoms with Crippen LogP contribution in [0.25, 0.3) is 10.9 Å². The van der Waals surface area contributed by atoms with Crippen molar-refractivity contribution in [1.82, 2.24) is 10.3 Å². The second-order valence-corrected chi connectivity index (χ2v) is 9.17. The van der Waals surface area contributed by atoms with Crippen molar-refractivity contribution >= 4 is 40.2 Å². The number of H-pyrrole nitrogens is 1. The fourth-order valence-corrected chi connectivity index (χ4v) is 4.62. The fourth-order valence-electron chi connectivity index (χ4n) is 4.62. The Morgan fingerprint density at radius 1 is 1.00 bits per heavy atom. The van der Waals surface area contributed by atoms with Crippen LogP contribution in [-0.4, -0.2) is 54.9 Å². The third-order valence-corrected chi connectivity index (χ3v) is 6.69. The van der Waals surface area contributed by atoms with E-state index in [2.05, 4.69) is 10.3 Å². The number of carbonyl (C=O) groups excluding carboxylic acids is 4. The van der Waals surface area contributed by atoms with Crippen LogP contribution in [0.4, 0.5) is 5.69 Å². The number of hydrogen-bond acceptors (Lipinski definition) is 7. The third-order valence-electron chi connectivity index (χ3n) is 6.69. The summed E-state index contributed by atoms with van der Waals surface area (Å²) in [6, 6.07) is 19.9. The molecule has 39 heavy (non-hydrogen) atoms. The molecule has 0 bridgehead atoms. The molecule has 1 aliphatic heterocycles. The summed E-state index contributed by atoms with van der Waals surface area (Å²) in [5, 5.41) is 4.34. The summed E-state index contributed by atoms with van der Waals surface area (Å²) in [5.41, 5.74) is 3.13. The van der Waals surface area contributed by atoms with E-state index in [9.17, 15) is 19.2 Å². The van der Waals surface area contributed by atoms with E-state index in [0.29, 0.717) is 30.0 Å². The van der Waals surface area contributed by atoms with Gasteiger partial charge in [0.25, 0.3) is 5.91 Å². The first-order chi connectivity index (χ1) is 18.9. The number of aromatic amines is 1. The molecular weight excluding hydrogens is 498 g/mol. The SMILES string of the molecule is COc1cccc(C(=O)COC(=O)c2ccc(N3C(=O)CC(NCCc4c[nH]c5ccccc45)C3=O)cc2)c1. The molecule has 0 radical (unpaired) electrons. The summed E-state index contributed by atoms with van der Waals surface area (Å²) in [5.74, 6) is -1.17. The molecule has 4 aromatic rings. The molecule has 1 fully saturated rings. The number of para-hydroxylation sites is 1. The first-order valence-electron chi connectivity index (χ1n) is 12.5. The van der Waals surface area contributed by atoms with Crippen molar-refractivity contribution in [2.45, 2.75) is 18.9 Å². The van der Waals surface area contributed by atoms with Crippen molar-refractivity contribution in [2.75, 3.05) is 25.2 Å². The van der Waals surface area contributed by atoms with Gasteiger partial charge in [-0.25, -0.2) is 9.69 Å². The maximum atomic E-state index is 13.0. The quantitative estimate of drug-likeness (QED) is 0.184. The first kappa shape index (κ1) is 25.9. The van der Waals surface area contributed by atoms with Crippen molar-refractivity contribution < 1.29 is 28.7 Å². The molecule has 0 aliphatic carbocycles. The highest BCUT2D eigenvalue weighted by molar-refractivity contribution is 6.22. The third kappa shape index (κ3) is 5.58. The van der Waals surface area contributed by atoms with Crippen molar-refractivity contribution in [3.63, 3.8) is 0 Å². The number of carbonyl (C=O) groups is 4. The Morgan fingerprint density at radius 3 is 2.59 bits per heavy atom. The Hall–Kier alpha value is -4.76. The molecule has 5 rings (SSSR count). The Labute approximate surface area is 224 Å². The highest BCUT2D eigenvalue weighted by Crippen LogP contribution is 2.24. The summed E-state index contributed by atoms with van der Waals surface area (Å²) < 4.78 is 10.3. The minimum absolute atomic E-state index is 0.0584. The van der Waals surface area contributed by atoms with Gasteiger partial charge < -0.3 is 19.8 Å². The number of rotatable bonds is 10. The van der Waals surface area contributed by atoms with Crippen LogP contribution in [0.1, 0.15) is 32.7 Å². The normalized spacial score (nSPS) is 15.1. The van der Waals surface area contributed by atoms with E-state index >= 15 is 0 Å². The fraction of sp³-hybridized carbons (Fsp3) is 0.200. The molecule has 9 nitrogen and oxygen atoms in total. The van der Waals surface area contributed by atoms with Gasteiger partial charge in [0.2, 0.25) is 5.91 Å². The van der Waals surface area contributed by atoms with E-state index in [-0.39, 0.29) is 29.6 Å². The maximum absolute atomic E-state index is 13.0. The van der Waals surface area contributed by atoms with Crippen LogP contribution in [0.15, 0.2) is 79.0 Å². The minimum atomic E-state index is -0.686. The number of ether oxygens (including phenoxy) is 2. The maximum Gasteiger partial charge on any atom is 0.338 e. The molecule has 2 amide bonds. The van der Waals surface area contributed by atoms with Gasteiger partial charge in [0.1, 0.15) is 5.75 Å². The number of nitrogens with one attached hydrogen (secondary N) is 2. The predicted molar refractivity (Wildman–Crippen MR) is 145 cm³/mol. The van der Waals surface area contributed by atoms with E-state index < -0.39 is 18.6 Å². The van der Waals surface area contributed by atoms with Crippen molar-refractivity contribution in [3.05, 3.63) is 95.7 Å². The number of ketones is 1. The van der Waals surface area contributed by atoms with Crippen LogP contribution in [0.2, 0.25) is 0 Å². The standard InChI is InChI=1S/C30H27N3O6/c1-38-23-6-4-5-20(15-23)27(34)18-39-30(37)19-9-11-22(12-10-19)33-28(35)16-26(29(33)36)31-14-13-21-17-32-25-8-3-2-7-24(21)25/h2-12,15,17,26,31-32H,13-14,16,18H2,1H3. The highest BCUT2D eigenvalue weighted by atomic mass is 16.5. The van der Waals surface area contributed by atoms with E-state index in [1.807, 2.05) is 30.5 Å². The second kappa shape index (κ2) is 11.3. The molecule has 1 aliphatic rings. The van der Waals surface area contributed by atoms with Crippen LogP contribution in [-0.2, 0) is 20.7 Å². The topological polar surface area (TPSA) is 118 Å². The van der Waals surface area contributed by atoms with Crippen LogP contribution in [0, 0.1) is 0 Å². The molecule has 1 unspecified atom stereocenters. The van der Waals surface area contributed by atoms with Gasteiger partial charge in [-0.3, -0.25) is 14.4 Å². The Morgan fingerprint density at radius 2 is 1.79 bits per heavy atom. The Kier molecular flexibility index (Phi) is 7.51. The van der Waals surface area contributed by atoms with Gasteiger partial charge in [-0.2, -0.15) is 0 Å². The number of amides is 2. The number of nitrogens with zero attached hydrogens (tertiary/aromatic N) is 1. The molecule has 9 heteroatoms. The second-order valence-electron chi connectivity index (χ2n) is 9.17. The number of imide groups is 1. The number of anilines is 1. The lowest BCUT2D eigenvalue weighted by Crippen LogP contribution is -2.39. The highest BCUT2D eigenvalue weighted by Gasteiger charge is 2.39. The zero-order chi connectivity index (χ0) is 27.4. The van der Waals surface area contributed by atoms with E-state index in [1.165, 1.54) is 31.4 Å². The molecule has 2 N–H and O–H groups in total. The first-order valence-corrected chi connectivity index (χ1v) is 12.5. The van der Waals surface area contributed by atoms with Gasteiger partial charge in [-0.1, -0.05) is 30.3 Å². The van der Waals surface area contributed by atoms with Crippen LogP contribution < -0.4 is 15.0 Å². The van der Waals surface area contributed by atoms with E-state index in [1.54, 1.807) is 24.3 Å². The average Bonchev–Trinajstić information content (AvgIpc) is 3.51.